The van der Waals surface area contributed by atoms with Crippen LogP contribution in [0.1, 0.15) is 39.5 Å². The third kappa shape index (κ3) is 1.70. The van der Waals surface area contributed by atoms with Crippen molar-refractivity contribution < 1.29 is 10.2 Å². The van der Waals surface area contributed by atoms with Gasteiger partial charge in [-0.1, -0.05) is 37.6 Å². The maximum absolute atomic E-state index is 10.2. The molecule has 0 bridgehead atoms. The topological polar surface area (TPSA) is 66.5 Å². The lowest BCUT2D eigenvalue weighted by Gasteiger charge is -2.56. The molecule has 0 spiro atoms. The van der Waals surface area contributed by atoms with E-state index >= 15 is 0 Å². The number of nitrogens with two attached hydrogens (primary N) is 1. The minimum Gasteiger partial charge on any atom is -0.511 e. The van der Waals surface area contributed by atoms with Gasteiger partial charge < -0.3 is 15.9 Å². The monoisotopic (exact) mass is 301 g/mol. The molecule has 0 heterocycles. The van der Waals surface area contributed by atoms with Crippen LogP contribution in [-0.4, -0.2) is 22.4 Å². The van der Waals surface area contributed by atoms with Crippen molar-refractivity contribution in [1.82, 2.24) is 0 Å². The van der Waals surface area contributed by atoms with Gasteiger partial charge in [0.05, 0.1) is 12.1 Å². The maximum atomic E-state index is 10.2. The third-order valence-electron chi connectivity index (χ3n) is 7.31. The van der Waals surface area contributed by atoms with Gasteiger partial charge in [-0.3, -0.25) is 0 Å². The molecule has 1 saturated carbocycles. The molecule has 120 valence electrons. The summed E-state index contributed by atoms with van der Waals surface area (Å²) in [5.74, 6) is 1.89. The molecule has 0 amide bonds. The van der Waals surface area contributed by atoms with E-state index in [0.29, 0.717) is 23.5 Å². The van der Waals surface area contributed by atoms with Crippen molar-refractivity contribution in [2.45, 2.75) is 51.7 Å². The maximum Gasteiger partial charge on any atom is 0.106 e. The van der Waals surface area contributed by atoms with Crippen LogP contribution < -0.4 is 5.73 Å². The molecule has 22 heavy (non-hydrogen) atoms. The summed E-state index contributed by atoms with van der Waals surface area (Å²) in [6, 6.07) is -0.208. The van der Waals surface area contributed by atoms with Crippen LogP contribution in [-0.2, 0) is 0 Å². The number of aliphatic hydroxyl groups excluding tert-OH is 2. The molecule has 0 aromatic heterocycles. The molecule has 7 atom stereocenters. The van der Waals surface area contributed by atoms with E-state index in [4.69, 9.17) is 5.73 Å². The van der Waals surface area contributed by atoms with Gasteiger partial charge >= 0.3 is 0 Å². The number of hydrogen-bond acceptors (Lipinski definition) is 3. The fraction of sp³-hybridized carbons (Fsp3) is 0.684. The van der Waals surface area contributed by atoms with Gasteiger partial charge in [0.25, 0.3) is 0 Å². The Bertz CT molecular complexity index is 592. The molecule has 0 radical (unpaired) electrons. The van der Waals surface area contributed by atoms with E-state index in [1.807, 2.05) is 12.2 Å². The summed E-state index contributed by atoms with van der Waals surface area (Å²) >= 11 is 0. The van der Waals surface area contributed by atoms with Gasteiger partial charge in [-0.25, -0.2) is 0 Å². The Balaban J connectivity index is 1.74. The normalized spacial score (nSPS) is 53.2. The molecule has 4 N–H and O–H groups in total. The van der Waals surface area contributed by atoms with Crippen molar-refractivity contribution in [2.24, 2.45) is 34.3 Å². The number of hydrogen-bond donors (Lipinski definition) is 3. The SMILES string of the molecule is C[C@]12CC[C@H]3[C@@H](CC=C4C[C@@H](O)C=C[C@@]43C)[C@@H]1C=C(O)[C@@H]2N. The summed E-state index contributed by atoms with van der Waals surface area (Å²) in [4.78, 5) is 0. The molecular weight excluding hydrogens is 274 g/mol. The Kier molecular flexibility index (Phi) is 2.96. The first kappa shape index (κ1) is 14.5. The molecule has 4 rings (SSSR count). The number of rotatable bonds is 0. The zero-order valence-corrected chi connectivity index (χ0v) is 13.5. The Labute approximate surface area is 132 Å². The van der Waals surface area contributed by atoms with E-state index in [2.05, 4.69) is 26.0 Å². The highest BCUT2D eigenvalue weighted by Crippen LogP contribution is 2.62. The molecule has 1 fully saturated rings. The average molecular weight is 301 g/mol. The molecule has 0 saturated heterocycles. The summed E-state index contributed by atoms with van der Waals surface area (Å²) < 4.78 is 0. The molecule has 0 unspecified atom stereocenters. The first-order valence-electron chi connectivity index (χ1n) is 8.59. The van der Waals surface area contributed by atoms with Crippen molar-refractivity contribution >= 4 is 0 Å². The van der Waals surface area contributed by atoms with Crippen LogP contribution in [0.25, 0.3) is 0 Å². The fourth-order valence-corrected chi connectivity index (χ4v) is 5.82. The van der Waals surface area contributed by atoms with Gasteiger partial charge in [-0.15, -0.1) is 0 Å². The van der Waals surface area contributed by atoms with Crippen LogP contribution in [0.5, 0.6) is 0 Å². The van der Waals surface area contributed by atoms with Crippen molar-refractivity contribution in [3.8, 4) is 0 Å². The van der Waals surface area contributed by atoms with Gasteiger partial charge in [-0.05, 0) is 54.9 Å². The van der Waals surface area contributed by atoms with Gasteiger partial charge in [0, 0.05) is 5.41 Å². The second-order valence-electron chi connectivity index (χ2n) is 8.29. The highest BCUT2D eigenvalue weighted by molar-refractivity contribution is 5.34. The standard InChI is InChI=1S/C19H27NO2/c1-18-7-5-12(21)9-11(18)3-4-13-14(18)6-8-19(2)15(13)10-16(22)17(19)20/h3,5,7,10,12-15,17,21-22H,4,6,8-9,20H2,1-2H3/t12-,13+,14-,15-,17-,18-,19-/m0/s1. The third-order valence-corrected chi connectivity index (χ3v) is 7.31. The molecule has 0 aromatic carbocycles. The Morgan fingerprint density at radius 1 is 1.32 bits per heavy atom. The average Bonchev–Trinajstić information content (AvgIpc) is 2.72. The summed E-state index contributed by atoms with van der Waals surface area (Å²) in [6.45, 7) is 4.58. The Morgan fingerprint density at radius 3 is 2.86 bits per heavy atom. The van der Waals surface area contributed by atoms with E-state index in [-0.39, 0.29) is 23.0 Å². The zero-order chi connectivity index (χ0) is 15.7. The largest absolute Gasteiger partial charge is 0.511 e. The predicted molar refractivity (Wildman–Crippen MR) is 87.1 cm³/mol. The summed E-state index contributed by atoms with van der Waals surface area (Å²) in [7, 11) is 0. The summed E-state index contributed by atoms with van der Waals surface area (Å²) in [5.41, 5.74) is 7.77. The van der Waals surface area contributed by atoms with Gasteiger partial charge in [0.2, 0.25) is 0 Å². The van der Waals surface area contributed by atoms with Crippen LogP contribution >= 0.6 is 0 Å². The molecule has 3 heteroatoms. The lowest BCUT2D eigenvalue weighted by molar-refractivity contribution is -0.000960. The van der Waals surface area contributed by atoms with E-state index < -0.39 is 0 Å². The van der Waals surface area contributed by atoms with Crippen LogP contribution in [0, 0.1) is 28.6 Å². The van der Waals surface area contributed by atoms with Crippen molar-refractivity contribution in [3.05, 3.63) is 35.6 Å². The summed E-state index contributed by atoms with van der Waals surface area (Å²) in [6.07, 6.45) is 12.3. The smallest absolute Gasteiger partial charge is 0.106 e. The Morgan fingerprint density at radius 2 is 2.09 bits per heavy atom. The Hall–Kier alpha value is -1.06. The molecule has 0 aromatic rings. The van der Waals surface area contributed by atoms with Crippen LogP contribution in [0.2, 0.25) is 0 Å². The quantitative estimate of drug-likeness (QED) is 0.602. The fourth-order valence-electron chi connectivity index (χ4n) is 5.82. The number of fused-ring (bicyclic) bond motifs is 5. The lowest BCUT2D eigenvalue weighted by Crippen LogP contribution is -2.52. The molecule has 0 aliphatic heterocycles. The molecule has 4 aliphatic carbocycles. The lowest BCUT2D eigenvalue weighted by atomic mass is 9.49. The second kappa shape index (κ2) is 4.48. The van der Waals surface area contributed by atoms with Gasteiger partial charge in [0.15, 0.2) is 0 Å². The van der Waals surface area contributed by atoms with Gasteiger partial charge in [-0.2, -0.15) is 0 Å². The highest BCUT2D eigenvalue weighted by atomic mass is 16.3. The molecule has 4 aliphatic rings. The molecular formula is C19H27NO2. The van der Waals surface area contributed by atoms with Crippen LogP contribution in [0.3, 0.4) is 0 Å². The minimum atomic E-state index is -0.325. The zero-order valence-electron chi connectivity index (χ0n) is 13.5. The van der Waals surface area contributed by atoms with Gasteiger partial charge in [0.1, 0.15) is 5.76 Å². The molecule has 3 nitrogen and oxygen atoms in total. The predicted octanol–water partition coefficient (Wildman–Crippen LogP) is 3.08. The first-order valence-corrected chi connectivity index (χ1v) is 8.59. The van der Waals surface area contributed by atoms with Crippen molar-refractivity contribution in [3.63, 3.8) is 0 Å². The van der Waals surface area contributed by atoms with Crippen LogP contribution in [0.15, 0.2) is 35.6 Å². The van der Waals surface area contributed by atoms with E-state index in [9.17, 15) is 10.2 Å². The second-order valence-corrected chi connectivity index (χ2v) is 8.29. The minimum absolute atomic E-state index is 0.00481. The summed E-state index contributed by atoms with van der Waals surface area (Å²) in [5, 5.41) is 20.1. The van der Waals surface area contributed by atoms with E-state index in [0.717, 1.165) is 25.7 Å². The van der Waals surface area contributed by atoms with Crippen LogP contribution in [0.4, 0.5) is 0 Å². The highest BCUT2D eigenvalue weighted by Gasteiger charge is 2.57. The van der Waals surface area contributed by atoms with E-state index in [1.54, 1.807) is 0 Å². The van der Waals surface area contributed by atoms with Crippen molar-refractivity contribution in [1.29, 1.82) is 0 Å². The van der Waals surface area contributed by atoms with Crippen molar-refractivity contribution in [2.75, 3.05) is 0 Å². The number of aliphatic hydroxyl groups is 2. The first-order chi connectivity index (χ1) is 10.4. The van der Waals surface area contributed by atoms with E-state index in [1.165, 1.54) is 5.57 Å². The number of allylic oxidation sites excluding steroid dienone is 3.